The second kappa shape index (κ2) is 5.70. The minimum absolute atomic E-state index is 0.133. The van der Waals surface area contributed by atoms with E-state index >= 15 is 0 Å². The van der Waals surface area contributed by atoms with Crippen molar-refractivity contribution >= 4 is 23.2 Å². The largest absolute Gasteiger partial charge is 0.388 e. The fraction of sp³-hybridized carbons (Fsp3) is 0.143. The maximum Gasteiger partial charge on any atom is 0.130 e. The summed E-state index contributed by atoms with van der Waals surface area (Å²) < 4.78 is 13.6. The van der Waals surface area contributed by atoms with Crippen LogP contribution in [0.3, 0.4) is 0 Å². The van der Waals surface area contributed by atoms with Gasteiger partial charge in [0.05, 0.1) is 6.10 Å². The van der Waals surface area contributed by atoms with E-state index in [-0.39, 0.29) is 17.0 Å². The van der Waals surface area contributed by atoms with Crippen LogP contribution in [0.1, 0.15) is 17.2 Å². The van der Waals surface area contributed by atoms with Crippen molar-refractivity contribution < 1.29 is 9.50 Å². The van der Waals surface area contributed by atoms with Gasteiger partial charge in [-0.15, -0.1) is 0 Å². The molecule has 1 N–H and O–H groups in total. The molecule has 0 fully saturated rings. The molecule has 1 unspecified atom stereocenters. The fourth-order valence-corrected chi connectivity index (χ4v) is 2.19. The molecule has 0 amide bonds. The standard InChI is InChI=1S/C14H11Cl2FO/c15-10-6-4-9(5-7-10)8-13(18)14-11(16)2-1-3-12(14)17/h1-7,13,18H,8H2. The predicted octanol–water partition coefficient (Wildman–Crippen LogP) is 4.41. The van der Waals surface area contributed by atoms with E-state index in [9.17, 15) is 9.50 Å². The number of aliphatic hydroxyl groups excluding tert-OH is 1. The summed E-state index contributed by atoms with van der Waals surface area (Å²) in [4.78, 5) is 0. The zero-order valence-corrected chi connectivity index (χ0v) is 10.9. The van der Waals surface area contributed by atoms with Gasteiger partial charge in [-0.25, -0.2) is 4.39 Å². The van der Waals surface area contributed by atoms with E-state index < -0.39 is 11.9 Å². The molecule has 2 rings (SSSR count). The van der Waals surface area contributed by atoms with Crippen molar-refractivity contribution in [1.29, 1.82) is 0 Å². The first kappa shape index (κ1) is 13.3. The molecular weight excluding hydrogens is 274 g/mol. The van der Waals surface area contributed by atoms with Crippen LogP contribution in [-0.4, -0.2) is 5.11 Å². The third kappa shape index (κ3) is 3.02. The van der Waals surface area contributed by atoms with E-state index in [0.717, 1.165) is 5.56 Å². The van der Waals surface area contributed by atoms with Gasteiger partial charge in [0, 0.05) is 22.0 Å². The molecule has 0 saturated heterocycles. The van der Waals surface area contributed by atoms with Gasteiger partial charge in [0.1, 0.15) is 5.82 Å². The molecule has 2 aromatic rings. The second-order valence-electron chi connectivity index (χ2n) is 3.98. The highest BCUT2D eigenvalue weighted by molar-refractivity contribution is 6.31. The normalized spacial score (nSPS) is 12.4. The van der Waals surface area contributed by atoms with Gasteiger partial charge in [0.25, 0.3) is 0 Å². The van der Waals surface area contributed by atoms with Crippen molar-refractivity contribution in [3.8, 4) is 0 Å². The van der Waals surface area contributed by atoms with Crippen molar-refractivity contribution in [3.05, 3.63) is 69.5 Å². The van der Waals surface area contributed by atoms with Gasteiger partial charge in [-0.05, 0) is 29.8 Å². The van der Waals surface area contributed by atoms with E-state index in [1.807, 2.05) is 0 Å². The summed E-state index contributed by atoms with van der Waals surface area (Å²) in [5.41, 5.74) is 1.00. The summed E-state index contributed by atoms with van der Waals surface area (Å²) in [6.45, 7) is 0. The Morgan fingerprint density at radius 2 is 1.72 bits per heavy atom. The number of rotatable bonds is 3. The van der Waals surface area contributed by atoms with Gasteiger partial charge in [-0.1, -0.05) is 41.4 Å². The van der Waals surface area contributed by atoms with Crippen molar-refractivity contribution in [1.82, 2.24) is 0 Å². The summed E-state index contributed by atoms with van der Waals surface area (Å²) in [6, 6.07) is 11.4. The summed E-state index contributed by atoms with van der Waals surface area (Å²) >= 11 is 11.7. The number of hydrogen-bond donors (Lipinski definition) is 1. The molecule has 94 valence electrons. The Balaban J connectivity index is 2.22. The van der Waals surface area contributed by atoms with Crippen LogP contribution in [0.25, 0.3) is 0 Å². The first-order chi connectivity index (χ1) is 8.58. The van der Waals surface area contributed by atoms with Gasteiger partial charge < -0.3 is 5.11 Å². The van der Waals surface area contributed by atoms with Gasteiger partial charge in [0.15, 0.2) is 0 Å². The molecule has 2 aromatic carbocycles. The summed E-state index contributed by atoms with van der Waals surface area (Å²) in [5, 5.41) is 10.9. The highest BCUT2D eigenvalue weighted by Crippen LogP contribution is 2.28. The maximum atomic E-state index is 13.6. The molecule has 1 atom stereocenters. The highest BCUT2D eigenvalue weighted by atomic mass is 35.5. The van der Waals surface area contributed by atoms with Crippen LogP contribution in [0.2, 0.25) is 10.0 Å². The van der Waals surface area contributed by atoms with Crippen LogP contribution in [-0.2, 0) is 6.42 Å². The Kier molecular flexibility index (Phi) is 4.23. The predicted molar refractivity (Wildman–Crippen MR) is 71.5 cm³/mol. The Hall–Kier alpha value is -1.09. The molecular formula is C14H11Cl2FO. The van der Waals surface area contributed by atoms with Gasteiger partial charge in [-0.3, -0.25) is 0 Å². The molecule has 0 radical (unpaired) electrons. The Labute approximate surface area is 115 Å². The number of hydrogen-bond acceptors (Lipinski definition) is 1. The lowest BCUT2D eigenvalue weighted by Gasteiger charge is -2.13. The van der Waals surface area contributed by atoms with Crippen LogP contribution in [0.5, 0.6) is 0 Å². The van der Waals surface area contributed by atoms with Crippen molar-refractivity contribution in [2.24, 2.45) is 0 Å². The number of halogens is 3. The zero-order chi connectivity index (χ0) is 13.1. The smallest absolute Gasteiger partial charge is 0.130 e. The topological polar surface area (TPSA) is 20.2 Å². The van der Waals surface area contributed by atoms with E-state index in [4.69, 9.17) is 23.2 Å². The lowest BCUT2D eigenvalue weighted by atomic mass is 10.0. The molecule has 0 spiro atoms. The molecule has 0 saturated carbocycles. The van der Waals surface area contributed by atoms with E-state index in [0.29, 0.717) is 5.02 Å². The Morgan fingerprint density at radius 1 is 1.06 bits per heavy atom. The average Bonchev–Trinajstić information content (AvgIpc) is 2.32. The lowest BCUT2D eigenvalue weighted by Crippen LogP contribution is -2.05. The molecule has 0 bridgehead atoms. The molecule has 0 aliphatic heterocycles. The number of aliphatic hydroxyl groups is 1. The lowest BCUT2D eigenvalue weighted by molar-refractivity contribution is 0.174. The minimum atomic E-state index is -0.972. The summed E-state index contributed by atoms with van der Waals surface area (Å²) in [7, 11) is 0. The molecule has 18 heavy (non-hydrogen) atoms. The molecule has 0 aromatic heterocycles. The van der Waals surface area contributed by atoms with E-state index in [2.05, 4.69) is 0 Å². The third-order valence-corrected chi connectivity index (χ3v) is 3.26. The quantitative estimate of drug-likeness (QED) is 0.885. The first-order valence-corrected chi connectivity index (χ1v) is 6.20. The van der Waals surface area contributed by atoms with Gasteiger partial charge in [0.2, 0.25) is 0 Å². The molecule has 0 aliphatic carbocycles. The Morgan fingerprint density at radius 3 is 2.33 bits per heavy atom. The van der Waals surface area contributed by atoms with Crippen molar-refractivity contribution in [2.45, 2.75) is 12.5 Å². The van der Waals surface area contributed by atoms with Crippen LogP contribution in [0.15, 0.2) is 42.5 Å². The molecule has 4 heteroatoms. The van der Waals surface area contributed by atoms with E-state index in [1.165, 1.54) is 12.1 Å². The summed E-state index contributed by atoms with van der Waals surface area (Å²) in [6.07, 6.45) is -0.683. The SMILES string of the molecule is OC(Cc1ccc(Cl)cc1)c1c(F)cccc1Cl. The fourth-order valence-electron chi connectivity index (χ4n) is 1.77. The van der Waals surface area contributed by atoms with Crippen LogP contribution >= 0.6 is 23.2 Å². The maximum absolute atomic E-state index is 13.6. The van der Waals surface area contributed by atoms with Gasteiger partial charge in [-0.2, -0.15) is 0 Å². The Bertz CT molecular complexity index is 520. The van der Waals surface area contributed by atoms with E-state index in [1.54, 1.807) is 30.3 Å². The van der Waals surface area contributed by atoms with Crippen LogP contribution < -0.4 is 0 Å². The zero-order valence-electron chi connectivity index (χ0n) is 9.41. The van der Waals surface area contributed by atoms with Crippen molar-refractivity contribution in [3.63, 3.8) is 0 Å². The molecule has 1 nitrogen and oxygen atoms in total. The molecule has 0 heterocycles. The second-order valence-corrected chi connectivity index (χ2v) is 4.83. The van der Waals surface area contributed by atoms with Gasteiger partial charge >= 0.3 is 0 Å². The van der Waals surface area contributed by atoms with Crippen LogP contribution in [0.4, 0.5) is 4.39 Å². The monoisotopic (exact) mass is 284 g/mol. The highest BCUT2D eigenvalue weighted by Gasteiger charge is 2.16. The van der Waals surface area contributed by atoms with Crippen LogP contribution in [0, 0.1) is 5.82 Å². The minimum Gasteiger partial charge on any atom is -0.388 e. The van der Waals surface area contributed by atoms with Crippen molar-refractivity contribution in [2.75, 3.05) is 0 Å². The third-order valence-electron chi connectivity index (χ3n) is 2.68. The molecule has 0 aliphatic rings. The summed E-state index contributed by atoms with van der Waals surface area (Å²) in [5.74, 6) is -0.496. The first-order valence-electron chi connectivity index (χ1n) is 5.44. The number of benzene rings is 2. The average molecular weight is 285 g/mol.